The van der Waals surface area contributed by atoms with Crippen LogP contribution in [0.2, 0.25) is 0 Å². The first-order valence-corrected chi connectivity index (χ1v) is 17.9. The fourth-order valence-electron chi connectivity index (χ4n) is 8.29. The zero-order valence-corrected chi connectivity index (χ0v) is 28.8. The molecule has 1 aliphatic carbocycles. The van der Waals surface area contributed by atoms with Crippen LogP contribution < -0.4 is 0 Å². The van der Waals surface area contributed by atoms with E-state index in [1.54, 1.807) is 0 Å². The third-order valence-electron chi connectivity index (χ3n) is 10.5. The van der Waals surface area contributed by atoms with Gasteiger partial charge in [0.1, 0.15) is 0 Å². The number of pyridine rings is 4. The molecule has 4 heterocycles. The zero-order chi connectivity index (χ0) is 35.2. The van der Waals surface area contributed by atoms with Gasteiger partial charge in [-0.25, -0.2) is 4.98 Å². The van der Waals surface area contributed by atoms with Gasteiger partial charge in [0.05, 0.1) is 28.2 Å². The van der Waals surface area contributed by atoms with Crippen molar-refractivity contribution in [2.75, 3.05) is 0 Å². The van der Waals surface area contributed by atoms with Gasteiger partial charge in [-0.15, -0.1) is 0 Å². The van der Waals surface area contributed by atoms with Crippen LogP contribution in [0.4, 0.5) is 0 Å². The van der Waals surface area contributed by atoms with E-state index in [-0.39, 0.29) is 0 Å². The standard InChI is InChI=1S/C49H32N4/c1-3-13-37(14-4-1)49(38-15-5-2-6-16-38)42-18-8-7-17-41(42)47-39(23-24-40(48(47)49)34-22-21-33-25-28-50-32-36(33)29-34)35-30-45(43-19-9-11-26-51-43)53-46(31-35)44-20-10-12-27-52-44/h1-32H. The van der Waals surface area contributed by atoms with Gasteiger partial charge >= 0.3 is 0 Å². The zero-order valence-electron chi connectivity index (χ0n) is 28.8. The average molecular weight is 677 g/mol. The molecule has 0 saturated carbocycles. The van der Waals surface area contributed by atoms with Crippen LogP contribution in [0.5, 0.6) is 0 Å². The molecular formula is C49H32N4. The highest BCUT2D eigenvalue weighted by molar-refractivity contribution is 6.01. The largest absolute Gasteiger partial charge is 0.264 e. The van der Waals surface area contributed by atoms with E-state index < -0.39 is 5.41 Å². The second-order valence-corrected chi connectivity index (χ2v) is 13.4. The highest BCUT2D eigenvalue weighted by Gasteiger charge is 2.48. The average Bonchev–Trinajstić information content (AvgIpc) is 3.56. The molecule has 0 radical (unpaired) electrons. The molecule has 0 N–H and O–H groups in total. The van der Waals surface area contributed by atoms with E-state index in [0.717, 1.165) is 44.9 Å². The van der Waals surface area contributed by atoms with Crippen molar-refractivity contribution in [2.24, 2.45) is 0 Å². The quantitative estimate of drug-likeness (QED) is 0.176. The van der Waals surface area contributed by atoms with Crippen LogP contribution in [-0.4, -0.2) is 19.9 Å². The summed E-state index contributed by atoms with van der Waals surface area (Å²) >= 11 is 0. The number of benzene rings is 5. The molecule has 4 nitrogen and oxygen atoms in total. The third kappa shape index (κ3) is 4.99. The van der Waals surface area contributed by atoms with E-state index in [1.807, 2.05) is 61.2 Å². The number of hydrogen-bond donors (Lipinski definition) is 0. The highest BCUT2D eigenvalue weighted by atomic mass is 14.8. The number of nitrogens with zero attached hydrogens (tertiary/aromatic N) is 4. The molecule has 4 aromatic heterocycles. The predicted octanol–water partition coefficient (Wildman–Crippen LogP) is 11.5. The van der Waals surface area contributed by atoms with Gasteiger partial charge in [-0.3, -0.25) is 15.0 Å². The lowest BCUT2D eigenvalue weighted by Crippen LogP contribution is -2.29. The summed E-state index contributed by atoms with van der Waals surface area (Å²) in [5, 5.41) is 2.27. The Kier molecular flexibility index (Phi) is 7.33. The van der Waals surface area contributed by atoms with Crippen molar-refractivity contribution in [3.05, 3.63) is 217 Å². The van der Waals surface area contributed by atoms with Crippen molar-refractivity contribution in [2.45, 2.75) is 5.41 Å². The van der Waals surface area contributed by atoms with Crippen molar-refractivity contribution in [3.8, 4) is 56.2 Å². The molecule has 5 aromatic carbocycles. The van der Waals surface area contributed by atoms with E-state index in [4.69, 9.17) is 15.0 Å². The maximum absolute atomic E-state index is 5.12. The lowest BCUT2D eigenvalue weighted by Gasteiger charge is -2.35. The summed E-state index contributed by atoms with van der Waals surface area (Å²) in [7, 11) is 0. The topological polar surface area (TPSA) is 51.6 Å². The van der Waals surface area contributed by atoms with Crippen molar-refractivity contribution < 1.29 is 0 Å². The molecule has 0 fully saturated rings. The normalized spacial score (nSPS) is 12.7. The molecule has 248 valence electrons. The second-order valence-electron chi connectivity index (χ2n) is 13.4. The second kappa shape index (κ2) is 12.6. The predicted molar refractivity (Wildman–Crippen MR) is 214 cm³/mol. The first-order valence-electron chi connectivity index (χ1n) is 17.9. The first kappa shape index (κ1) is 30.8. The minimum atomic E-state index is -0.607. The fraction of sp³-hybridized carbons (Fsp3) is 0.0204. The van der Waals surface area contributed by atoms with Crippen LogP contribution in [0.25, 0.3) is 66.9 Å². The van der Waals surface area contributed by atoms with E-state index in [9.17, 15) is 0 Å². The van der Waals surface area contributed by atoms with Gasteiger partial charge in [0.2, 0.25) is 0 Å². The van der Waals surface area contributed by atoms with Gasteiger partial charge in [0, 0.05) is 30.2 Å². The smallest absolute Gasteiger partial charge is 0.0900 e. The minimum absolute atomic E-state index is 0.607. The molecule has 0 saturated heterocycles. The summed E-state index contributed by atoms with van der Waals surface area (Å²) < 4.78 is 0. The van der Waals surface area contributed by atoms with E-state index >= 15 is 0 Å². The van der Waals surface area contributed by atoms with E-state index in [1.165, 1.54) is 44.3 Å². The number of aromatic nitrogens is 4. The Morgan fingerprint density at radius 1 is 0.396 bits per heavy atom. The van der Waals surface area contributed by atoms with Gasteiger partial charge in [-0.05, 0) is 110 Å². The van der Waals surface area contributed by atoms with E-state index in [0.29, 0.717) is 0 Å². The molecule has 0 amide bonds. The van der Waals surface area contributed by atoms with Gasteiger partial charge in [0.25, 0.3) is 0 Å². The van der Waals surface area contributed by atoms with Crippen LogP contribution in [0, 0.1) is 0 Å². The van der Waals surface area contributed by atoms with Crippen molar-refractivity contribution in [1.29, 1.82) is 0 Å². The molecule has 4 heteroatoms. The maximum Gasteiger partial charge on any atom is 0.0900 e. The highest BCUT2D eigenvalue weighted by Crippen LogP contribution is 2.61. The molecule has 53 heavy (non-hydrogen) atoms. The molecule has 10 rings (SSSR count). The molecular weight excluding hydrogens is 645 g/mol. The van der Waals surface area contributed by atoms with E-state index in [2.05, 4.69) is 138 Å². The van der Waals surface area contributed by atoms with Crippen molar-refractivity contribution in [1.82, 2.24) is 19.9 Å². The van der Waals surface area contributed by atoms with Gasteiger partial charge in [0.15, 0.2) is 0 Å². The molecule has 1 aliphatic rings. The molecule has 0 spiro atoms. The van der Waals surface area contributed by atoms with Gasteiger partial charge < -0.3 is 0 Å². The molecule has 0 atom stereocenters. The lowest BCUT2D eigenvalue weighted by atomic mass is 9.66. The number of fused-ring (bicyclic) bond motifs is 4. The number of hydrogen-bond acceptors (Lipinski definition) is 4. The minimum Gasteiger partial charge on any atom is -0.264 e. The molecule has 9 aromatic rings. The molecule has 0 unspecified atom stereocenters. The summed E-state index contributed by atoms with van der Waals surface area (Å²) in [4.78, 5) is 19.0. The lowest BCUT2D eigenvalue weighted by molar-refractivity contribution is 0.770. The third-order valence-corrected chi connectivity index (χ3v) is 10.5. The van der Waals surface area contributed by atoms with Crippen molar-refractivity contribution >= 4 is 10.8 Å². The van der Waals surface area contributed by atoms with Gasteiger partial charge in [-0.1, -0.05) is 121 Å². The van der Waals surface area contributed by atoms with Gasteiger partial charge in [-0.2, -0.15) is 0 Å². The summed E-state index contributed by atoms with van der Waals surface area (Å²) in [6.45, 7) is 0. The Hall–Kier alpha value is -7.04. The Labute approximate surface area is 308 Å². The fourth-order valence-corrected chi connectivity index (χ4v) is 8.29. The molecule has 0 aliphatic heterocycles. The SMILES string of the molecule is c1ccc(C2(c3ccccc3)c3ccccc3-c3c(-c4cc(-c5ccccn5)nc(-c5ccccn5)c4)ccc(-c4ccc5ccncc5c4)c32)cc1. The van der Waals surface area contributed by atoms with Crippen LogP contribution in [-0.2, 0) is 5.41 Å². The van der Waals surface area contributed by atoms with Crippen LogP contribution in [0.1, 0.15) is 22.3 Å². The van der Waals surface area contributed by atoms with Crippen LogP contribution >= 0.6 is 0 Å². The summed E-state index contributed by atoms with van der Waals surface area (Å²) in [5.41, 5.74) is 14.5. The number of rotatable bonds is 6. The maximum atomic E-state index is 5.12. The summed E-state index contributed by atoms with van der Waals surface area (Å²) in [6, 6.07) is 60.6. The molecule has 0 bridgehead atoms. The Morgan fingerprint density at radius 2 is 1.02 bits per heavy atom. The summed E-state index contributed by atoms with van der Waals surface area (Å²) in [6.07, 6.45) is 7.45. The monoisotopic (exact) mass is 676 g/mol. The van der Waals surface area contributed by atoms with Crippen LogP contribution in [0.15, 0.2) is 195 Å². The Balaban J connectivity index is 1.35. The van der Waals surface area contributed by atoms with Crippen molar-refractivity contribution in [3.63, 3.8) is 0 Å². The summed E-state index contributed by atoms with van der Waals surface area (Å²) in [5.74, 6) is 0. The Bertz CT molecular complexity index is 2670. The Morgan fingerprint density at radius 3 is 1.68 bits per heavy atom. The first-order chi connectivity index (χ1) is 26.3. The van der Waals surface area contributed by atoms with Crippen LogP contribution in [0.3, 0.4) is 0 Å².